The zero-order chi connectivity index (χ0) is 23.9. The minimum Gasteiger partial charge on any atom is -0.465 e. The number of nitrogens with zero attached hydrogens (tertiary/aromatic N) is 1. The summed E-state index contributed by atoms with van der Waals surface area (Å²) in [6.45, 7) is 2.18. The SMILES string of the molecule is CC(=O)OC[C@H]1C[C@@H](n2ccc(=O)[nH]c2=O)[C@@H](OCc2ccccc2)[C@@H]1OCc1ccccc1. The molecular formula is C26H28N2O6. The van der Waals surface area contributed by atoms with Gasteiger partial charge in [-0.05, 0) is 17.5 Å². The normalized spacial score (nSPS) is 21.9. The van der Waals surface area contributed by atoms with Crippen molar-refractivity contribution in [3.63, 3.8) is 0 Å². The first kappa shape index (κ1) is 23.7. The number of esters is 1. The molecule has 0 saturated heterocycles. The average molecular weight is 465 g/mol. The van der Waals surface area contributed by atoms with Crippen molar-refractivity contribution in [2.24, 2.45) is 5.92 Å². The number of benzene rings is 2. The highest BCUT2D eigenvalue weighted by molar-refractivity contribution is 5.65. The van der Waals surface area contributed by atoms with Crippen molar-refractivity contribution in [2.75, 3.05) is 6.61 Å². The molecule has 0 aliphatic heterocycles. The molecule has 8 heteroatoms. The van der Waals surface area contributed by atoms with Crippen molar-refractivity contribution in [1.29, 1.82) is 0 Å². The van der Waals surface area contributed by atoms with Crippen LogP contribution in [0.25, 0.3) is 0 Å². The largest absolute Gasteiger partial charge is 0.465 e. The van der Waals surface area contributed by atoms with Gasteiger partial charge in [-0.1, -0.05) is 60.7 Å². The molecule has 2 aromatic carbocycles. The van der Waals surface area contributed by atoms with E-state index < -0.39 is 29.5 Å². The van der Waals surface area contributed by atoms with Gasteiger partial charge in [-0.2, -0.15) is 0 Å². The zero-order valence-corrected chi connectivity index (χ0v) is 19.0. The van der Waals surface area contributed by atoms with Crippen LogP contribution in [0.3, 0.4) is 0 Å². The summed E-state index contributed by atoms with van der Waals surface area (Å²) in [7, 11) is 0. The maximum atomic E-state index is 12.6. The maximum Gasteiger partial charge on any atom is 0.328 e. The van der Waals surface area contributed by atoms with Gasteiger partial charge in [0.15, 0.2) is 0 Å². The lowest BCUT2D eigenvalue weighted by Crippen LogP contribution is -2.39. The molecule has 34 heavy (non-hydrogen) atoms. The number of rotatable bonds is 9. The van der Waals surface area contributed by atoms with Gasteiger partial charge in [0.2, 0.25) is 0 Å². The van der Waals surface area contributed by atoms with Gasteiger partial charge in [0.1, 0.15) is 6.10 Å². The third-order valence-corrected chi connectivity index (χ3v) is 5.99. The second-order valence-electron chi connectivity index (χ2n) is 8.41. The third kappa shape index (κ3) is 5.89. The first-order valence-corrected chi connectivity index (χ1v) is 11.3. The van der Waals surface area contributed by atoms with Crippen LogP contribution >= 0.6 is 0 Å². The van der Waals surface area contributed by atoms with Crippen molar-refractivity contribution in [1.82, 2.24) is 9.55 Å². The van der Waals surface area contributed by atoms with Gasteiger partial charge in [0.05, 0.1) is 32.0 Å². The fourth-order valence-corrected chi connectivity index (χ4v) is 4.38. The van der Waals surface area contributed by atoms with E-state index in [4.69, 9.17) is 14.2 Å². The molecule has 0 spiro atoms. The van der Waals surface area contributed by atoms with Crippen LogP contribution in [0.5, 0.6) is 0 Å². The van der Waals surface area contributed by atoms with E-state index in [9.17, 15) is 14.4 Å². The van der Waals surface area contributed by atoms with Crippen LogP contribution in [0.1, 0.15) is 30.5 Å². The van der Waals surface area contributed by atoms with Gasteiger partial charge >= 0.3 is 11.7 Å². The first-order chi connectivity index (χ1) is 16.5. The van der Waals surface area contributed by atoms with Crippen molar-refractivity contribution in [3.8, 4) is 0 Å². The summed E-state index contributed by atoms with van der Waals surface area (Å²) in [5.74, 6) is -0.578. The number of aromatic amines is 1. The smallest absolute Gasteiger partial charge is 0.328 e. The summed E-state index contributed by atoms with van der Waals surface area (Å²) in [5.41, 5.74) is 1.01. The Balaban J connectivity index is 1.64. The van der Waals surface area contributed by atoms with E-state index in [1.165, 1.54) is 23.8 Å². The van der Waals surface area contributed by atoms with Crippen LogP contribution in [-0.2, 0) is 32.2 Å². The van der Waals surface area contributed by atoms with E-state index in [1.807, 2.05) is 60.7 Å². The van der Waals surface area contributed by atoms with Crippen molar-refractivity contribution >= 4 is 5.97 Å². The van der Waals surface area contributed by atoms with Gasteiger partial charge in [-0.15, -0.1) is 0 Å². The number of carbonyl (C=O) groups is 1. The lowest BCUT2D eigenvalue weighted by atomic mass is 10.1. The summed E-state index contributed by atoms with van der Waals surface area (Å²) >= 11 is 0. The standard InChI is InChI=1S/C26H28N2O6/c1-18(29)32-17-21-14-22(28-13-12-23(30)27-26(28)31)25(34-16-20-10-6-3-7-11-20)24(21)33-15-19-8-4-2-5-9-19/h2-13,21-22,24-25H,14-17H2,1H3,(H,27,30,31)/t21-,22-,24-,25-/m1/s1. The number of nitrogens with one attached hydrogen (secondary N) is 1. The second kappa shape index (κ2) is 11.1. The second-order valence-corrected chi connectivity index (χ2v) is 8.41. The number of carbonyl (C=O) groups excluding carboxylic acids is 1. The highest BCUT2D eigenvalue weighted by Crippen LogP contribution is 2.39. The molecule has 0 radical (unpaired) electrons. The number of aromatic nitrogens is 2. The Bertz CT molecular complexity index is 1190. The van der Waals surface area contributed by atoms with Gasteiger partial charge in [0.25, 0.3) is 5.56 Å². The highest BCUT2D eigenvalue weighted by Gasteiger charge is 2.46. The molecule has 1 aliphatic carbocycles. The van der Waals surface area contributed by atoms with Crippen molar-refractivity contribution in [2.45, 2.75) is 44.8 Å². The molecule has 0 bridgehead atoms. The van der Waals surface area contributed by atoms with E-state index in [1.54, 1.807) is 0 Å². The molecule has 1 aromatic heterocycles. The Hall–Kier alpha value is -3.49. The molecule has 1 saturated carbocycles. The maximum absolute atomic E-state index is 12.6. The third-order valence-electron chi connectivity index (χ3n) is 5.99. The summed E-state index contributed by atoms with van der Waals surface area (Å²) in [4.78, 5) is 38.1. The molecule has 1 heterocycles. The first-order valence-electron chi connectivity index (χ1n) is 11.3. The molecule has 178 valence electrons. The molecule has 3 aromatic rings. The molecular weight excluding hydrogens is 436 g/mol. The molecule has 1 aliphatic rings. The average Bonchev–Trinajstić information content (AvgIpc) is 3.18. The molecule has 0 amide bonds. The molecule has 1 fully saturated rings. The summed E-state index contributed by atoms with van der Waals surface area (Å²) in [6.07, 6.45) is 1.02. The number of H-pyrrole nitrogens is 1. The van der Waals surface area contributed by atoms with E-state index in [-0.39, 0.29) is 18.5 Å². The minimum atomic E-state index is -0.513. The van der Waals surface area contributed by atoms with Crippen LogP contribution in [0.15, 0.2) is 82.5 Å². The van der Waals surface area contributed by atoms with Gasteiger partial charge in [-0.25, -0.2) is 4.79 Å². The molecule has 1 N–H and O–H groups in total. The van der Waals surface area contributed by atoms with E-state index in [0.29, 0.717) is 19.6 Å². The number of hydrogen-bond acceptors (Lipinski definition) is 6. The van der Waals surface area contributed by atoms with Gasteiger partial charge < -0.3 is 14.2 Å². The van der Waals surface area contributed by atoms with Crippen LogP contribution in [0, 0.1) is 5.92 Å². The van der Waals surface area contributed by atoms with Gasteiger partial charge in [0, 0.05) is 25.1 Å². The van der Waals surface area contributed by atoms with Crippen LogP contribution in [0.2, 0.25) is 0 Å². The predicted octanol–water partition coefficient (Wildman–Crippen LogP) is 2.83. The molecule has 8 nitrogen and oxygen atoms in total. The summed E-state index contributed by atoms with van der Waals surface area (Å²) in [6, 6.07) is 20.4. The van der Waals surface area contributed by atoms with Crippen molar-refractivity contribution < 1.29 is 19.0 Å². The van der Waals surface area contributed by atoms with E-state index in [0.717, 1.165) is 11.1 Å². The summed E-state index contributed by atoms with van der Waals surface area (Å²) < 4.78 is 19.5. The topological polar surface area (TPSA) is 99.6 Å². The Morgan fingerprint density at radius 3 is 2.06 bits per heavy atom. The molecule has 4 atom stereocenters. The molecule has 0 unspecified atom stereocenters. The van der Waals surface area contributed by atoms with Crippen LogP contribution < -0.4 is 11.2 Å². The number of hydrogen-bond donors (Lipinski definition) is 1. The Labute approximate surface area is 197 Å². The summed E-state index contributed by atoms with van der Waals surface area (Å²) in [5, 5.41) is 0. The minimum absolute atomic E-state index is 0.147. The fraction of sp³-hybridized carbons (Fsp3) is 0.346. The van der Waals surface area contributed by atoms with Gasteiger partial charge in [-0.3, -0.25) is 19.1 Å². The van der Waals surface area contributed by atoms with E-state index >= 15 is 0 Å². The quantitative estimate of drug-likeness (QED) is 0.489. The lowest BCUT2D eigenvalue weighted by molar-refractivity contribution is -0.145. The van der Waals surface area contributed by atoms with E-state index in [2.05, 4.69) is 4.98 Å². The van der Waals surface area contributed by atoms with Crippen LogP contribution in [-0.4, -0.2) is 34.3 Å². The number of ether oxygens (including phenoxy) is 3. The Morgan fingerprint density at radius 2 is 1.50 bits per heavy atom. The predicted molar refractivity (Wildman–Crippen MR) is 125 cm³/mol. The molecule has 4 rings (SSSR count). The fourth-order valence-electron chi connectivity index (χ4n) is 4.38. The Kier molecular flexibility index (Phi) is 7.72. The lowest BCUT2D eigenvalue weighted by Gasteiger charge is -2.28. The zero-order valence-electron chi connectivity index (χ0n) is 19.0. The van der Waals surface area contributed by atoms with Crippen molar-refractivity contribution in [3.05, 3.63) is 105 Å². The monoisotopic (exact) mass is 464 g/mol. The Morgan fingerprint density at radius 1 is 0.912 bits per heavy atom. The van der Waals surface area contributed by atoms with Crippen LogP contribution in [0.4, 0.5) is 0 Å². The highest BCUT2D eigenvalue weighted by atomic mass is 16.6.